The van der Waals surface area contributed by atoms with E-state index in [1.54, 1.807) is 11.4 Å². The quantitative estimate of drug-likeness (QED) is 0.308. The van der Waals surface area contributed by atoms with E-state index in [9.17, 15) is 8.42 Å². The maximum atomic E-state index is 12.2. The van der Waals surface area contributed by atoms with Gasteiger partial charge in [0.05, 0.1) is 5.75 Å². The number of hydrogen-bond acceptors (Lipinski definition) is 3. The van der Waals surface area contributed by atoms with Crippen LogP contribution in [0.15, 0.2) is 29.3 Å². The molecule has 2 aliphatic rings. The minimum Gasteiger partial charge on any atom is -0.356 e. The van der Waals surface area contributed by atoms with Gasteiger partial charge in [0.2, 0.25) is 10.0 Å². The van der Waals surface area contributed by atoms with Gasteiger partial charge in [-0.15, -0.1) is 24.0 Å². The molecule has 3 rings (SSSR count). The maximum Gasteiger partial charge on any atom is 0.214 e. The molecular weight excluding hydrogens is 523 g/mol. The number of nitrogens with one attached hydrogen (secondary N) is 2. The van der Waals surface area contributed by atoms with Gasteiger partial charge in [0.1, 0.15) is 0 Å². The average Bonchev–Trinajstić information content (AvgIpc) is 3.47. The van der Waals surface area contributed by atoms with Crippen LogP contribution >= 0.6 is 35.6 Å². The first-order valence-electron chi connectivity index (χ1n) is 10.1. The van der Waals surface area contributed by atoms with Crippen LogP contribution in [-0.4, -0.2) is 57.2 Å². The molecule has 1 aliphatic carbocycles. The molecule has 6 nitrogen and oxygen atoms in total. The molecule has 1 heterocycles. The summed E-state index contributed by atoms with van der Waals surface area (Å²) in [6, 6.07) is 8.34. The van der Waals surface area contributed by atoms with E-state index in [2.05, 4.69) is 27.8 Å². The predicted molar refractivity (Wildman–Crippen MR) is 131 cm³/mol. The molecule has 29 heavy (non-hydrogen) atoms. The molecule has 1 saturated heterocycles. The van der Waals surface area contributed by atoms with Crippen LogP contribution in [0.4, 0.5) is 0 Å². The molecule has 1 saturated carbocycles. The molecule has 0 radical (unpaired) electrons. The maximum absolute atomic E-state index is 12.2. The van der Waals surface area contributed by atoms with Crippen molar-refractivity contribution in [2.75, 3.05) is 32.4 Å². The normalized spacial score (nSPS) is 20.0. The number of nitrogens with zero attached hydrogens (tertiary/aromatic N) is 2. The highest BCUT2D eigenvalue weighted by atomic mass is 127. The summed E-state index contributed by atoms with van der Waals surface area (Å²) in [5, 5.41) is 7.70. The summed E-state index contributed by atoms with van der Waals surface area (Å²) in [4.78, 5) is 4.36. The van der Waals surface area contributed by atoms with E-state index in [0.29, 0.717) is 19.5 Å². The summed E-state index contributed by atoms with van der Waals surface area (Å²) in [5.74, 6) is 1.02. The van der Waals surface area contributed by atoms with Gasteiger partial charge < -0.3 is 10.6 Å². The predicted octanol–water partition coefficient (Wildman–Crippen LogP) is 3.36. The minimum absolute atomic E-state index is 0. The van der Waals surface area contributed by atoms with Crippen molar-refractivity contribution < 1.29 is 8.42 Å². The van der Waals surface area contributed by atoms with Gasteiger partial charge in [-0.05, 0) is 49.8 Å². The molecular formula is C20H32ClIN4O2S. The van der Waals surface area contributed by atoms with Crippen LogP contribution in [0.5, 0.6) is 0 Å². The van der Waals surface area contributed by atoms with E-state index in [0.717, 1.165) is 43.2 Å². The molecule has 2 fully saturated rings. The zero-order valence-electron chi connectivity index (χ0n) is 17.2. The third-order valence-corrected chi connectivity index (χ3v) is 8.07. The lowest BCUT2D eigenvalue weighted by atomic mass is 9.96. The highest BCUT2D eigenvalue weighted by Crippen LogP contribution is 2.48. The molecule has 164 valence electrons. The number of piperidine rings is 1. The highest BCUT2D eigenvalue weighted by molar-refractivity contribution is 14.0. The first-order valence-corrected chi connectivity index (χ1v) is 12.1. The fourth-order valence-corrected chi connectivity index (χ4v) is 5.57. The Morgan fingerprint density at radius 3 is 2.55 bits per heavy atom. The number of hydrogen-bond donors (Lipinski definition) is 2. The first-order chi connectivity index (χ1) is 13.4. The summed E-state index contributed by atoms with van der Waals surface area (Å²) < 4.78 is 26.0. The van der Waals surface area contributed by atoms with E-state index in [1.165, 1.54) is 5.56 Å². The molecule has 1 aliphatic heterocycles. The second kappa shape index (κ2) is 10.6. The summed E-state index contributed by atoms with van der Waals surface area (Å²) in [7, 11) is -1.32. The second-order valence-corrected chi connectivity index (χ2v) is 10.4. The molecule has 9 heteroatoms. The van der Waals surface area contributed by atoms with E-state index in [-0.39, 0.29) is 41.2 Å². The lowest BCUT2D eigenvalue weighted by molar-refractivity contribution is 0.306. The molecule has 1 aromatic rings. The highest BCUT2D eigenvalue weighted by Gasteiger charge is 2.44. The van der Waals surface area contributed by atoms with Gasteiger partial charge in [-0.3, -0.25) is 4.99 Å². The van der Waals surface area contributed by atoms with Crippen molar-refractivity contribution in [2.24, 2.45) is 4.99 Å². The molecule has 0 amide bonds. The van der Waals surface area contributed by atoms with Crippen molar-refractivity contribution in [3.05, 3.63) is 34.9 Å². The Kier molecular flexibility index (Phi) is 9.05. The summed E-state index contributed by atoms with van der Waals surface area (Å²) in [6.07, 6.45) is 4.54. The van der Waals surface area contributed by atoms with Crippen LogP contribution in [0, 0.1) is 0 Å². The first kappa shape index (κ1) is 24.7. The van der Waals surface area contributed by atoms with Gasteiger partial charge in [0.25, 0.3) is 0 Å². The number of aliphatic imine (C=N–C) groups is 1. The van der Waals surface area contributed by atoms with Crippen LogP contribution in [0.1, 0.15) is 44.6 Å². The third-order valence-electron chi connectivity index (χ3n) is 5.76. The van der Waals surface area contributed by atoms with Gasteiger partial charge in [-0.1, -0.05) is 30.7 Å². The molecule has 1 aromatic carbocycles. The lowest BCUT2D eigenvalue weighted by Crippen LogP contribution is -2.50. The fraction of sp³-hybridized carbons (Fsp3) is 0.650. The number of guanidine groups is 1. The van der Waals surface area contributed by atoms with Crippen molar-refractivity contribution in [3.8, 4) is 0 Å². The van der Waals surface area contributed by atoms with Crippen molar-refractivity contribution in [1.82, 2.24) is 14.9 Å². The molecule has 0 bridgehead atoms. The van der Waals surface area contributed by atoms with Crippen LogP contribution < -0.4 is 10.6 Å². The molecule has 0 unspecified atom stereocenters. The number of rotatable bonds is 7. The van der Waals surface area contributed by atoms with Gasteiger partial charge in [-0.25, -0.2) is 12.7 Å². The lowest BCUT2D eigenvalue weighted by Gasteiger charge is -2.32. The Morgan fingerprint density at radius 1 is 1.31 bits per heavy atom. The zero-order chi connectivity index (χ0) is 20.2. The SMILES string of the molecule is CCCS(=O)(=O)N1CCC(NC(=NC)NCC2(c3cccc(Cl)c3)CC2)CC1.I. The fourth-order valence-electron chi connectivity index (χ4n) is 3.84. The monoisotopic (exact) mass is 554 g/mol. The Balaban J connectivity index is 0.00000300. The van der Waals surface area contributed by atoms with Crippen molar-refractivity contribution in [3.63, 3.8) is 0 Å². The number of sulfonamides is 1. The Hall–Kier alpha value is -0.580. The van der Waals surface area contributed by atoms with Crippen molar-refractivity contribution >= 4 is 51.6 Å². The molecule has 2 N–H and O–H groups in total. The van der Waals surface area contributed by atoms with Gasteiger partial charge in [0, 0.05) is 43.2 Å². The van der Waals surface area contributed by atoms with Gasteiger partial charge in [-0.2, -0.15) is 0 Å². The summed E-state index contributed by atoms with van der Waals surface area (Å²) in [6.45, 7) is 3.86. The van der Waals surface area contributed by atoms with Crippen molar-refractivity contribution in [1.29, 1.82) is 0 Å². The van der Waals surface area contributed by atoms with Crippen LogP contribution in [0.3, 0.4) is 0 Å². The van der Waals surface area contributed by atoms with Crippen LogP contribution in [0.2, 0.25) is 5.02 Å². The number of benzene rings is 1. The van der Waals surface area contributed by atoms with Crippen LogP contribution in [0.25, 0.3) is 0 Å². The minimum atomic E-state index is -3.10. The Morgan fingerprint density at radius 2 is 2.00 bits per heavy atom. The molecule has 0 atom stereocenters. The van der Waals surface area contributed by atoms with Crippen LogP contribution in [-0.2, 0) is 15.4 Å². The van der Waals surface area contributed by atoms with E-state index in [1.807, 2.05) is 19.1 Å². The third kappa shape index (κ3) is 6.45. The van der Waals surface area contributed by atoms with E-state index >= 15 is 0 Å². The van der Waals surface area contributed by atoms with Crippen molar-refractivity contribution in [2.45, 2.75) is 50.5 Å². The second-order valence-electron chi connectivity index (χ2n) is 7.85. The molecule has 0 aromatic heterocycles. The smallest absolute Gasteiger partial charge is 0.214 e. The average molecular weight is 555 g/mol. The van der Waals surface area contributed by atoms with E-state index in [4.69, 9.17) is 11.6 Å². The molecule has 0 spiro atoms. The largest absolute Gasteiger partial charge is 0.356 e. The standard InChI is InChI=1S/C20H31ClN4O2S.HI/c1-3-13-28(26,27)25-11-7-18(8-12-25)24-19(22-2)23-15-20(9-10-20)16-5-4-6-17(21)14-16;/h4-6,14,18H,3,7-13,15H2,1-2H3,(H2,22,23,24);1H. The zero-order valence-corrected chi connectivity index (χ0v) is 21.1. The topological polar surface area (TPSA) is 73.8 Å². The number of halogens is 2. The van der Waals surface area contributed by atoms with Gasteiger partial charge in [0.15, 0.2) is 5.96 Å². The Labute approximate surface area is 196 Å². The van der Waals surface area contributed by atoms with Gasteiger partial charge >= 0.3 is 0 Å². The Bertz CT molecular complexity index is 806. The van der Waals surface area contributed by atoms with E-state index < -0.39 is 10.0 Å². The summed E-state index contributed by atoms with van der Waals surface area (Å²) in [5.41, 5.74) is 1.41. The summed E-state index contributed by atoms with van der Waals surface area (Å²) >= 11 is 6.16.